The third-order valence-corrected chi connectivity index (χ3v) is 5.62. The van der Waals surface area contributed by atoms with Gasteiger partial charge in [-0.05, 0) is 72.9 Å². The average Bonchev–Trinajstić information content (AvgIpc) is 3.50. The van der Waals surface area contributed by atoms with Gasteiger partial charge in [0.1, 0.15) is 0 Å². The Morgan fingerprint density at radius 3 is 2.40 bits per heavy atom. The highest BCUT2D eigenvalue weighted by atomic mass is 35.5. The van der Waals surface area contributed by atoms with Crippen molar-refractivity contribution in [1.29, 1.82) is 0 Å². The second-order valence-electron chi connectivity index (χ2n) is 7.95. The Morgan fingerprint density at radius 2 is 1.80 bits per heavy atom. The molecule has 1 aliphatic rings. The lowest BCUT2D eigenvalue weighted by atomic mass is 9.91. The zero-order valence-electron chi connectivity index (χ0n) is 17.2. The maximum Gasteiger partial charge on any atom is 0.217 e. The standard InChI is InChI=1S/C24H27N3O.2ClH/c1-15-2-8-18(9-3-15)24-19-12-16(7-11-23(26)28)6-10-21(19)27-22(20(24)14-25)13-17-4-5-17;;/h2-3,6,8-10,12,17H,4-5,7,11,13-14,25H2,1H3,(H2,26,28);2*1H. The molecule has 1 aliphatic carbocycles. The van der Waals surface area contributed by atoms with Crippen molar-refractivity contribution < 1.29 is 4.79 Å². The van der Waals surface area contributed by atoms with E-state index in [1.807, 2.05) is 0 Å². The van der Waals surface area contributed by atoms with Gasteiger partial charge in [0.05, 0.1) is 5.52 Å². The van der Waals surface area contributed by atoms with Crippen LogP contribution in [0, 0.1) is 12.8 Å². The van der Waals surface area contributed by atoms with E-state index in [9.17, 15) is 4.79 Å². The van der Waals surface area contributed by atoms with Gasteiger partial charge in [-0.25, -0.2) is 0 Å². The van der Waals surface area contributed by atoms with E-state index >= 15 is 0 Å². The first-order chi connectivity index (χ1) is 13.5. The molecule has 30 heavy (non-hydrogen) atoms. The SMILES string of the molecule is Cc1ccc(-c2c(CN)c(CC3CC3)nc3ccc(CCC(N)=O)cc23)cc1.Cl.Cl. The smallest absolute Gasteiger partial charge is 0.217 e. The van der Waals surface area contributed by atoms with Crippen LogP contribution in [0.5, 0.6) is 0 Å². The molecule has 2 aromatic carbocycles. The molecule has 4 nitrogen and oxygen atoms in total. The number of hydrogen-bond donors (Lipinski definition) is 2. The molecule has 4 rings (SSSR count). The van der Waals surface area contributed by atoms with Crippen LogP contribution in [0.25, 0.3) is 22.0 Å². The number of primary amides is 1. The predicted octanol–water partition coefficient (Wildman–Crippen LogP) is 4.88. The fraction of sp³-hybridized carbons (Fsp3) is 0.333. The lowest BCUT2D eigenvalue weighted by Gasteiger charge is -2.17. The third kappa shape index (κ3) is 5.31. The van der Waals surface area contributed by atoms with Crippen LogP contribution < -0.4 is 11.5 Å². The second-order valence-corrected chi connectivity index (χ2v) is 7.95. The summed E-state index contributed by atoms with van der Waals surface area (Å²) in [5.74, 6) is 0.468. The monoisotopic (exact) mass is 445 g/mol. The van der Waals surface area contributed by atoms with Gasteiger partial charge in [0.2, 0.25) is 5.91 Å². The first kappa shape index (κ1) is 24.1. The molecule has 0 unspecified atom stereocenters. The first-order valence-electron chi connectivity index (χ1n) is 10.0. The highest BCUT2D eigenvalue weighted by Gasteiger charge is 2.25. The molecule has 0 saturated heterocycles. The molecule has 1 aromatic heterocycles. The summed E-state index contributed by atoms with van der Waals surface area (Å²) in [6, 6.07) is 14.9. The Hall–Kier alpha value is -2.14. The highest BCUT2D eigenvalue weighted by Crippen LogP contribution is 2.38. The fourth-order valence-electron chi connectivity index (χ4n) is 3.86. The normalized spacial score (nSPS) is 12.9. The molecule has 0 aliphatic heterocycles. The zero-order valence-corrected chi connectivity index (χ0v) is 18.8. The molecule has 0 radical (unpaired) electrons. The van der Waals surface area contributed by atoms with Crippen LogP contribution in [0.3, 0.4) is 0 Å². The molecule has 0 spiro atoms. The second kappa shape index (κ2) is 10.3. The molecular formula is C24H29Cl2N3O. The van der Waals surface area contributed by atoms with Crippen LogP contribution in [-0.4, -0.2) is 10.9 Å². The molecule has 1 saturated carbocycles. The van der Waals surface area contributed by atoms with Crippen molar-refractivity contribution >= 4 is 41.6 Å². The number of nitrogens with zero attached hydrogens (tertiary/aromatic N) is 1. The van der Waals surface area contributed by atoms with Crippen molar-refractivity contribution in [3.05, 3.63) is 64.8 Å². The number of pyridine rings is 1. The Kier molecular flexibility index (Phi) is 8.25. The number of nitrogens with two attached hydrogens (primary N) is 2. The average molecular weight is 446 g/mol. The number of carbonyl (C=O) groups is 1. The van der Waals surface area contributed by atoms with Gasteiger partial charge in [-0.1, -0.05) is 35.9 Å². The molecule has 0 atom stereocenters. The van der Waals surface area contributed by atoms with Crippen LogP contribution in [-0.2, 0) is 24.2 Å². The first-order valence-corrected chi connectivity index (χ1v) is 10.0. The van der Waals surface area contributed by atoms with Gasteiger partial charge in [-0.3, -0.25) is 9.78 Å². The number of aromatic nitrogens is 1. The van der Waals surface area contributed by atoms with Crippen LogP contribution in [0.2, 0.25) is 0 Å². The topological polar surface area (TPSA) is 82.0 Å². The molecule has 1 fully saturated rings. The van der Waals surface area contributed by atoms with Crippen LogP contribution in [0.4, 0.5) is 0 Å². The minimum Gasteiger partial charge on any atom is -0.370 e. The quantitative estimate of drug-likeness (QED) is 0.543. The molecule has 1 heterocycles. The van der Waals surface area contributed by atoms with Gasteiger partial charge in [-0.15, -0.1) is 24.8 Å². The van der Waals surface area contributed by atoms with E-state index in [1.165, 1.54) is 29.5 Å². The summed E-state index contributed by atoms with van der Waals surface area (Å²) in [6.07, 6.45) is 4.57. The number of rotatable bonds is 7. The summed E-state index contributed by atoms with van der Waals surface area (Å²) in [6.45, 7) is 2.57. The Labute approximate surface area is 190 Å². The van der Waals surface area contributed by atoms with Gasteiger partial charge in [0.25, 0.3) is 0 Å². The molecule has 0 bridgehead atoms. The molecule has 6 heteroatoms. The third-order valence-electron chi connectivity index (χ3n) is 5.62. The summed E-state index contributed by atoms with van der Waals surface area (Å²) in [5, 5.41) is 1.10. The number of amides is 1. The largest absolute Gasteiger partial charge is 0.370 e. The van der Waals surface area contributed by atoms with E-state index in [4.69, 9.17) is 16.5 Å². The van der Waals surface area contributed by atoms with Gasteiger partial charge >= 0.3 is 0 Å². The Balaban J connectivity index is 0.00000160. The van der Waals surface area contributed by atoms with Crippen molar-refractivity contribution in [2.75, 3.05) is 0 Å². The van der Waals surface area contributed by atoms with E-state index in [0.29, 0.717) is 19.4 Å². The summed E-state index contributed by atoms with van der Waals surface area (Å²) in [5.41, 5.74) is 19.5. The molecule has 3 aromatic rings. The summed E-state index contributed by atoms with van der Waals surface area (Å²) in [7, 11) is 0. The molecule has 4 N–H and O–H groups in total. The van der Waals surface area contributed by atoms with Crippen LogP contribution >= 0.6 is 24.8 Å². The van der Waals surface area contributed by atoms with E-state index in [1.54, 1.807) is 0 Å². The number of aryl methyl sites for hydroxylation is 2. The number of fused-ring (bicyclic) bond motifs is 1. The lowest BCUT2D eigenvalue weighted by Crippen LogP contribution is -2.11. The molecule has 160 valence electrons. The van der Waals surface area contributed by atoms with E-state index in [0.717, 1.165) is 40.1 Å². The van der Waals surface area contributed by atoms with Crippen molar-refractivity contribution in [3.63, 3.8) is 0 Å². The lowest BCUT2D eigenvalue weighted by molar-refractivity contribution is -0.117. The maximum atomic E-state index is 11.2. The van der Waals surface area contributed by atoms with Gasteiger partial charge in [-0.2, -0.15) is 0 Å². The van der Waals surface area contributed by atoms with Crippen LogP contribution in [0.15, 0.2) is 42.5 Å². The number of benzene rings is 2. The van der Waals surface area contributed by atoms with Gasteiger partial charge < -0.3 is 11.5 Å². The van der Waals surface area contributed by atoms with Crippen molar-refractivity contribution in [2.45, 2.75) is 45.6 Å². The zero-order chi connectivity index (χ0) is 19.7. The minimum absolute atomic E-state index is 0. The number of halogens is 2. The van der Waals surface area contributed by atoms with Crippen LogP contribution in [0.1, 0.15) is 41.6 Å². The van der Waals surface area contributed by atoms with Crippen molar-refractivity contribution in [1.82, 2.24) is 4.98 Å². The summed E-state index contributed by atoms with van der Waals surface area (Å²) >= 11 is 0. The van der Waals surface area contributed by atoms with Gasteiger partial charge in [0.15, 0.2) is 0 Å². The predicted molar refractivity (Wildman–Crippen MR) is 128 cm³/mol. The fourth-order valence-corrected chi connectivity index (χ4v) is 3.86. The minimum atomic E-state index is -0.278. The van der Waals surface area contributed by atoms with E-state index in [-0.39, 0.29) is 30.7 Å². The molecule has 1 amide bonds. The van der Waals surface area contributed by atoms with E-state index in [2.05, 4.69) is 49.4 Å². The Morgan fingerprint density at radius 1 is 1.10 bits per heavy atom. The number of carbonyl (C=O) groups excluding carboxylic acids is 1. The summed E-state index contributed by atoms with van der Waals surface area (Å²) < 4.78 is 0. The van der Waals surface area contributed by atoms with E-state index < -0.39 is 0 Å². The summed E-state index contributed by atoms with van der Waals surface area (Å²) in [4.78, 5) is 16.2. The maximum absolute atomic E-state index is 11.2. The highest BCUT2D eigenvalue weighted by molar-refractivity contribution is 5.97. The van der Waals surface area contributed by atoms with Crippen molar-refractivity contribution in [2.24, 2.45) is 17.4 Å². The molecular weight excluding hydrogens is 417 g/mol. The van der Waals surface area contributed by atoms with Gasteiger partial charge in [0, 0.05) is 24.0 Å². The number of hydrogen-bond acceptors (Lipinski definition) is 3. The Bertz CT molecular complexity index is 1030. The van der Waals surface area contributed by atoms with Crippen molar-refractivity contribution in [3.8, 4) is 11.1 Å².